The molecule has 2 aliphatic rings. The van der Waals surface area contributed by atoms with Crippen LogP contribution in [0, 0.1) is 5.92 Å². The van der Waals surface area contributed by atoms with Gasteiger partial charge in [-0.1, -0.05) is 12.1 Å². The largest absolute Gasteiger partial charge is 0.478 e. The van der Waals surface area contributed by atoms with Crippen LogP contribution in [0.1, 0.15) is 28.8 Å². The molecule has 1 aromatic carbocycles. The maximum absolute atomic E-state index is 11.0. The van der Waals surface area contributed by atoms with Gasteiger partial charge < -0.3 is 5.11 Å². The number of carbonyl (C=O) groups is 1. The van der Waals surface area contributed by atoms with Crippen LogP contribution in [0.4, 0.5) is 0 Å². The van der Waals surface area contributed by atoms with Crippen molar-refractivity contribution >= 4 is 17.7 Å². The molecule has 1 atom stereocenters. The number of benzene rings is 1. The number of nitrogens with zero attached hydrogens (tertiary/aromatic N) is 1. The SMILES string of the molecule is O=C(O)c1cccc(CN2CCSCC2C2CC2)c1. The molecule has 102 valence electrons. The highest BCUT2D eigenvalue weighted by Crippen LogP contribution is 2.39. The van der Waals surface area contributed by atoms with Crippen molar-refractivity contribution in [1.29, 1.82) is 0 Å². The Bertz CT molecular complexity index is 473. The molecule has 4 heteroatoms. The van der Waals surface area contributed by atoms with E-state index in [0.29, 0.717) is 11.6 Å². The maximum Gasteiger partial charge on any atom is 0.335 e. The zero-order valence-electron chi connectivity index (χ0n) is 10.9. The van der Waals surface area contributed by atoms with E-state index in [9.17, 15) is 4.79 Å². The predicted molar refractivity (Wildman–Crippen MR) is 77.6 cm³/mol. The molecular formula is C15H19NO2S. The summed E-state index contributed by atoms with van der Waals surface area (Å²) in [5, 5.41) is 9.05. The lowest BCUT2D eigenvalue weighted by molar-refractivity contribution is 0.0696. The zero-order valence-corrected chi connectivity index (χ0v) is 11.7. The van der Waals surface area contributed by atoms with Crippen LogP contribution in [0.2, 0.25) is 0 Å². The van der Waals surface area contributed by atoms with Crippen molar-refractivity contribution < 1.29 is 9.90 Å². The van der Waals surface area contributed by atoms with Crippen LogP contribution in [-0.2, 0) is 6.54 Å². The molecule has 19 heavy (non-hydrogen) atoms. The molecule has 1 saturated carbocycles. The Kier molecular flexibility index (Phi) is 3.80. The van der Waals surface area contributed by atoms with Crippen LogP contribution in [0.15, 0.2) is 24.3 Å². The average Bonchev–Trinajstić information content (AvgIpc) is 3.24. The molecule has 3 rings (SSSR count). The minimum atomic E-state index is -0.838. The summed E-state index contributed by atoms with van der Waals surface area (Å²) in [5.41, 5.74) is 1.52. The highest BCUT2D eigenvalue weighted by atomic mass is 32.2. The first-order valence-electron chi connectivity index (χ1n) is 6.88. The van der Waals surface area contributed by atoms with Gasteiger partial charge in [0.25, 0.3) is 0 Å². The van der Waals surface area contributed by atoms with Crippen LogP contribution in [0.25, 0.3) is 0 Å². The van der Waals surface area contributed by atoms with Gasteiger partial charge in [0.05, 0.1) is 5.56 Å². The molecule has 0 spiro atoms. The van der Waals surface area contributed by atoms with E-state index < -0.39 is 5.97 Å². The van der Waals surface area contributed by atoms with E-state index in [1.807, 2.05) is 18.2 Å². The Balaban J connectivity index is 1.72. The lowest BCUT2D eigenvalue weighted by atomic mass is 10.1. The van der Waals surface area contributed by atoms with E-state index in [1.54, 1.807) is 6.07 Å². The van der Waals surface area contributed by atoms with Gasteiger partial charge in [-0.3, -0.25) is 4.90 Å². The highest BCUT2D eigenvalue weighted by molar-refractivity contribution is 7.99. The number of thioether (sulfide) groups is 1. The van der Waals surface area contributed by atoms with Crippen molar-refractivity contribution in [3.05, 3.63) is 35.4 Å². The summed E-state index contributed by atoms with van der Waals surface area (Å²) < 4.78 is 0. The van der Waals surface area contributed by atoms with Gasteiger partial charge in [0.15, 0.2) is 0 Å². The molecule has 1 aliphatic heterocycles. The third-order valence-electron chi connectivity index (χ3n) is 4.01. The minimum absolute atomic E-state index is 0.395. The Morgan fingerprint density at radius 2 is 2.26 bits per heavy atom. The van der Waals surface area contributed by atoms with Gasteiger partial charge in [0.2, 0.25) is 0 Å². The van der Waals surface area contributed by atoms with Crippen molar-refractivity contribution in [3.8, 4) is 0 Å². The molecule has 2 fully saturated rings. The molecule has 1 unspecified atom stereocenters. The maximum atomic E-state index is 11.0. The average molecular weight is 277 g/mol. The lowest BCUT2D eigenvalue weighted by Gasteiger charge is -2.35. The number of rotatable bonds is 4. The number of carboxylic acids is 1. The first-order valence-corrected chi connectivity index (χ1v) is 8.03. The summed E-state index contributed by atoms with van der Waals surface area (Å²) in [6.45, 7) is 2.02. The van der Waals surface area contributed by atoms with Crippen LogP contribution < -0.4 is 0 Å². The first-order chi connectivity index (χ1) is 9.24. The normalized spacial score (nSPS) is 24.3. The summed E-state index contributed by atoms with van der Waals surface area (Å²) in [5.74, 6) is 2.48. The molecule has 1 saturated heterocycles. The van der Waals surface area contributed by atoms with E-state index in [4.69, 9.17) is 5.11 Å². The van der Waals surface area contributed by atoms with Gasteiger partial charge in [0.1, 0.15) is 0 Å². The Morgan fingerprint density at radius 3 is 3.00 bits per heavy atom. The van der Waals surface area contributed by atoms with E-state index in [-0.39, 0.29) is 0 Å². The Hall–Kier alpha value is -1.00. The van der Waals surface area contributed by atoms with Crippen molar-refractivity contribution in [2.75, 3.05) is 18.1 Å². The predicted octanol–water partition coefficient (Wildman–Crippen LogP) is 2.71. The van der Waals surface area contributed by atoms with Crippen LogP contribution in [0.5, 0.6) is 0 Å². The number of aromatic carboxylic acids is 1. The summed E-state index contributed by atoms with van der Waals surface area (Å²) >= 11 is 2.06. The molecule has 0 aromatic heterocycles. The fourth-order valence-electron chi connectivity index (χ4n) is 2.81. The quantitative estimate of drug-likeness (QED) is 0.918. The summed E-state index contributed by atoms with van der Waals surface area (Å²) in [6, 6.07) is 8.07. The van der Waals surface area contributed by atoms with Gasteiger partial charge >= 0.3 is 5.97 Å². The van der Waals surface area contributed by atoms with Gasteiger partial charge in [-0.05, 0) is 36.5 Å². The van der Waals surface area contributed by atoms with Gasteiger partial charge in [-0.2, -0.15) is 11.8 Å². The lowest BCUT2D eigenvalue weighted by Crippen LogP contribution is -2.43. The second-order valence-electron chi connectivity index (χ2n) is 5.46. The summed E-state index contributed by atoms with van der Waals surface area (Å²) in [6.07, 6.45) is 2.74. The molecule has 0 radical (unpaired) electrons. The number of hydrogen-bond acceptors (Lipinski definition) is 3. The van der Waals surface area contributed by atoms with E-state index in [0.717, 1.165) is 24.6 Å². The second kappa shape index (κ2) is 5.55. The fraction of sp³-hybridized carbons (Fsp3) is 0.533. The first kappa shape index (κ1) is 13.0. The van der Waals surface area contributed by atoms with Crippen molar-refractivity contribution in [1.82, 2.24) is 4.90 Å². The van der Waals surface area contributed by atoms with Gasteiger partial charge in [0, 0.05) is 30.6 Å². The number of hydrogen-bond donors (Lipinski definition) is 1. The number of carboxylic acid groups (broad SMARTS) is 1. The molecule has 3 nitrogen and oxygen atoms in total. The minimum Gasteiger partial charge on any atom is -0.478 e. The third-order valence-corrected chi connectivity index (χ3v) is 5.05. The molecular weight excluding hydrogens is 258 g/mol. The van der Waals surface area contributed by atoms with Crippen molar-refractivity contribution in [2.45, 2.75) is 25.4 Å². The molecule has 1 aromatic rings. The van der Waals surface area contributed by atoms with E-state index in [1.165, 1.54) is 24.3 Å². The van der Waals surface area contributed by atoms with E-state index in [2.05, 4.69) is 16.7 Å². The third kappa shape index (κ3) is 3.12. The molecule has 0 bridgehead atoms. The highest BCUT2D eigenvalue weighted by Gasteiger charge is 2.36. The Labute approximate surface area is 118 Å². The van der Waals surface area contributed by atoms with Crippen LogP contribution >= 0.6 is 11.8 Å². The Morgan fingerprint density at radius 1 is 1.42 bits per heavy atom. The fourth-order valence-corrected chi connectivity index (χ4v) is 4.06. The molecule has 1 heterocycles. The van der Waals surface area contributed by atoms with Crippen molar-refractivity contribution in [2.24, 2.45) is 5.92 Å². The van der Waals surface area contributed by atoms with Crippen molar-refractivity contribution in [3.63, 3.8) is 0 Å². The van der Waals surface area contributed by atoms with E-state index >= 15 is 0 Å². The standard InChI is InChI=1S/C15H19NO2S/c17-15(18)13-3-1-2-11(8-13)9-16-6-7-19-10-14(16)12-4-5-12/h1-3,8,12,14H,4-7,9-10H2,(H,17,18). The smallest absolute Gasteiger partial charge is 0.335 e. The molecule has 1 aliphatic carbocycles. The molecule has 1 N–H and O–H groups in total. The second-order valence-corrected chi connectivity index (χ2v) is 6.61. The zero-order chi connectivity index (χ0) is 13.2. The summed E-state index contributed by atoms with van der Waals surface area (Å²) in [7, 11) is 0. The summed E-state index contributed by atoms with van der Waals surface area (Å²) in [4.78, 5) is 13.6. The molecule has 0 amide bonds. The van der Waals surface area contributed by atoms with Gasteiger partial charge in [-0.25, -0.2) is 4.79 Å². The monoisotopic (exact) mass is 277 g/mol. The van der Waals surface area contributed by atoms with Gasteiger partial charge in [-0.15, -0.1) is 0 Å². The topological polar surface area (TPSA) is 40.5 Å². The van der Waals surface area contributed by atoms with Crippen LogP contribution in [-0.4, -0.2) is 40.1 Å². The van der Waals surface area contributed by atoms with Crippen LogP contribution in [0.3, 0.4) is 0 Å².